The van der Waals surface area contributed by atoms with E-state index in [0.29, 0.717) is 12.5 Å². The van der Waals surface area contributed by atoms with Gasteiger partial charge in [0.15, 0.2) is 0 Å². The van der Waals surface area contributed by atoms with E-state index in [4.69, 9.17) is 4.74 Å². The van der Waals surface area contributed by atoms with Crippen LogP contribution in [0, 0.1) is 0 Å². The first-order valence-corrected chi connectivity index (χ1v) is 8.95. The second-order valence-electron chi connectivity index (χ2n) is 6.83. The number of hydrogen-bond donors (Lipinski definition) is 1. The van der Waals surface area contributed by atoms with Gasteiger partial charge in [-0.05, 0) is 50.9 Å². The molecule has 128 valence electrons. The van der Waals surface area contributed by atoms with Crippen LogP contribution >= 0.6 is 0 Å². The van der Waals surface area contributed by atoms with Crippen molar-refractivity contribution in [2.75, 3.05) is 32.8 Å². The second kappa shape index (κ2) is 7.49. The van der Waals surface area contributed by atoms with Crippen molar-refractivity contribution in [3.8, 4) is 0 Å². The van der Waals surface area contributed by atoms with Crippen molar-refractivity contribution in [2.45, 2.75) is 50.6 Å². The molecule has 1 N–H and O–H groups in total. The molecule has 2 saturated heterocycles. The molecule has 1 aromatic rings. The maximum Gasteiger partial charge on any atom is 0.222 e. The zero-order chi connectivity index (χ0) is 16.1. The van der Waals surface area contributed by atoms with E-state index in [1.54, 1.807) is 0 Å². The number of nitrogens with one attached hydrogen (secondary N) is 1. The average Bonchev–Trinajstić information content (AvgIpc) is 3.25. The Hall–Kier alpha value is -1.33. The number of hydrogen-bond acceptors (Lipinski definition) is 3. The van der Waals surface area contributed by atoms with E-state index in [1.807, 2.05) is 12.1 Å². The molecule has 0 unspecified atom stereocenters. The van der Waals surface area contributed by atoms with Crippen LogP contribution in [0.2, 0.25) is 0 Å². The molecule has 2 aliphatic rings. The van der Waals surface area contributed by atoms with E-state index in [9.17, 15) is 4.79 Å². The first-order valence-electron chi connectivity index (χ1n) is 8.95. The third-order valence-electron chi connectivity index (χ3n) is 5.51. The maximum atomic E-state index is 12.6. The van der Waals surface area contributed by atoms with Crippen LogP contribution in [-0.2, 0) is 15.1 Å². The highest BCUT2D eigenvalue weighted by atomic mass is 16.5. The predicted octanol–water partition coefficient (Wildman–Crippen LogP) is 1.98. The highest BCUT2D eigenvalue weighted by Gasteiger charge is 2.36. The van der Waals surface area contributed by atoms with Crippen LogP contribution in [-0.4, -0.2) is 54.3 Å². The van der Waals surface area contributed by atoms with Gasteiger partial charge < -0.3 is 14.6 Å². The van der Waals surface area contributed by atoms with Gasteiger partial charge in [-0.2, -0.15) is 0 Å². The van der Waals surface area contributed by atoms with E-state index in [-0.39, 0.29) is 11.4 Å². The molecule has 2 aliphatic heterocycles. The summed E-state index contributed by atoms with van der Waals surface area (Å²) in [6.45, 7) is 6.69. The smallest absolute Gasteiger partial charge is 0.222 e. The van der Waals surface area contributed by atoms with Gasteiger partial charge in [-0.3, -0.25) is 9.69 Å². The third-order valence-corrected chi connectivity index (χ3v) is 5.51. The molecule has 5 heteroatoms. The molecule has 1 amide bonds. The van der Waals surface area contributed by atoms with Crippen LogP contribution in [0.5, 0.6) is 0 Å². The van der Waals surface area contributed by atoms with Gasteiger partial charge in [0.25, 0.3) is 0 Å². The molecule has 23 heavy (non-hydrogen) atoms. The Labute approximate surface area is 139 Å². The monoisotopic (exact) mass is 319 g/mol. The van der Waals surface area contributed by atoms with Crippen molar-refractivity contribution in [1.82, 2.24) is 14.8 Å². The molecule has 0 aromatic carbocycles. The summed E-state index contributed by atoms with van der Waals surface area (Å²) in [5, 5.41) is 3.19. The number of likely N-dealkylation sites (N-methyl/N-ethyl adjacent to an activating group) is 1. The van der Waals surface area contributed by atoms with Gasteiger partial charge in [0.1, 0.15) is 0 Å². The summed E-state index contributed by atoms with van der Waals surface area (Å²) >= 11 is 0. The molecule has 1 atom stereocenters. The fraction of sp³-hybridized carbons (Fsp3) is 0.722. The standard InChI is InChI=1S/C18H29N3O2/c1-2-20-9-5-6-16(20)15-19-17(22)14-18(7-12-23-13-8-18)21-10-3-4-11-21/h3-4,10-11,16H,2,5-9,12-15H2,1H3,(H,19,22)/t16-/m0/s1. The van der Waals surface area contributed by atoms with Gasteiger partial charge in [-0.25, -0.2) is 0 Å². The summed E-state index contributed by atoms with van der Waals surface area (Å²) in [5.41, 5.74) is -0.119. The first kappa shape index (κ1) is 16.5. The van der Waals surface area contributed by atoms with E-state index < -0.39 is 0 Å². The largest absolute Gasteiger partial charge is 0.381 e. The average molecular weight is 319 g/mol. The van der Waals surface area contributed by atoms with E-state index >= 15 is 0 Å². The number of carbonyl (C=O) groups is 1. The minimum Gasteiger partial charge on any atom is -0.381 e. The van der Waals surface area contributed by atoms with E-state index in [1.165, 1.54) is 19.4 Å². The molecule has 2 fully saturated rings. The van der Waals surface area contributed by atoms with Crippen LogP contribution < -0.4 is 5.32 Å². The topological polar surface area (TPSA) is 46.5 Å². The quantitative estimate of drug-likeness (QED) is 0.872. The van der Waals surface area contributed by atoms with Gasteiger partial charge in [-0.15, -0.1) is 0 Å². The highest BCUT2D eigenvalue weighted by Crippen LogP contribution is 2.33. The summed E-state index contributed by atoms with van der Waals surface area (Å²) in [7, 11) is 0. The normalized spacial score (nSPS) is 24.7. The van der Waals surface area contributed by atoms with Gasteiger partial charge in [0.2, 0.25) is 5.91 Å². The maximum absolute atomic E-state index is 12.6. The number of carbonyl (C=O) groups excluding carboxylic acids is 1. The summed E-state index contributed by atoms with van der Waals surface area (Å²) in [6.07, 6.45) is 8.95. The Balaban J connectivity index is 1.58. The van der Waals surface area contributed by atoms with Crippen LogP contribution in [0.3, 0.4) is 0 Å². The SMILES string of the molecule is CCN1CCC[C@H]1CNC(=O)CC1(n2cccc2)CCOCC1. The molecule has 3 rings (SSSR count). The summed E-state index contributed by atoms with van der Waals surface area (Å²) in [5.74, 6) is 0.170. The molecule has 3 heterocycles. The lowest BCUT2D eigenvalue weighted by Gasteiger charge is -2.38. The Morgan fingerprint density at radius 1 is 1.30 bits per heavy atom. The molecular formula is C18H29N3O2. The fourth-order valence-corrected chi connectivity index (χ4v) is 4.06. The van der Waals surface area contributed by atoms with Crippen LogP contribution in [0.15, 0.2) is 24.5 Å². The Kier molecular flexibility index (Phi) is 5.38. The van der Waals surface area contributed by atoms with Gasteiger partial charge in [0.05, 0.1) is 12.0 Å². The van der Waals surface area contributed by atoms with Crippen molar-refractivity contribution in [1.29, 1.82) is 0 Å². The zero-order valence-corrected chi connectivity index (χ0v) is 14.2. The van der Waals surface area contributed by atoms with Crippen molar-refractivity contribution in [3.63, 3.8) is 0 Å². The molecule has 5 nitrogen and oxygen atoms in total. The van der Waals surface area contributed by atoms with E-state index in [2.05, 4.69) is 34.1 Å². The van der Waals surface area contributed by atoms with Gasteiger partial charge in [-0.1, -0.05) is 6.92 Å². The Morgan fingerprint density at radius 3 is 2.74 bits per heavy atom. The number of amides is 1. The van der Waals surface area contributed by atoms with Gasteiger partial charge in [0, 0.05) is 38.2 Å². The number of likely N-dealkylation sites (tertiary alicyclic amines) is 1. The number of rotatable bonds is 6. The molecule has 0 radical (unpaired) electrons. The summed E-state index contributed by atoms with van der Waals surface area (Å²) in [4.78, 5) is 15.0. The number of ether oxygens (including phenoxy) is 1. The van der Waals surface area contributed by atoms with Crippen molar-refractivity contribution in [3.05, 3.63) is 24.5 Å². The molecule has 0 spiro atoms. The number of nitrogens with zero attached hydrogens (tertiary/aromatic N) is 2. The van der Waals surface area contributed by atoms with Crippen LogP contribution in [0.1, 0.15) is 39.0 Å². The first-order chi connectivity index (χ1) is 11.2. The minimum atomic E-state index is -0.119. The van der Waals surface area contributed by atoms with Crippen LogP contribution in [0.25, 0.3) is 0 Å². The lowest BCUT2D eigenvalue weighted by molar-refractivity contribution is -0.124. The predicted molar refractivity (Wildman–Crippen MR) is 90.4 cm³/mol. The number of aromatic nitrogens is 1. The minimum absolute atomic E-state index is 0.119. The molecular weight excluding hydrogens is 290 g/mol. The zero-order valence-electron chi connectivity index (χ0n) is 14.2. The summed E-state index contributed by atoms with van der Waals surface area (Å²) < 4.78 is 7.73. The lowest BCUT2D eigenvalue weighted by atomic mass is 9.86. The Bertz CT molecular complexity index is 494. The van der Waals surface area contributed by atoms with Crippen molar-refractivity contribution < 1.29 is 9.53 Å². The highest BCUT2D eigenvalue weighted by molar-refractivity contribution is 5.77. The molecule has 1 aromatic heterocycles. The van der Waals surface area contributed by atoms with Crippen molar-refractivity contribution in [2.24, 2.45) is 0 Å². The summed E-state index contributed by atoms with van der Waals surface area (Å²) in [6, 6.07) is 4.58. The van der Waals surface area contributed by atoms with Crippen molar-refractivity contribution >= 4 is 5.91 Å². The lowest BCUT2D eigenvalue weighted by Crippen LogP contribution is -2.45. The van der Waals surface area contributed by atoms with E-state index in [0.717, 1.165) is 39.1 Å². The molecule has 0 saturated carbocycles. The second-order valence-corrected chi connectivity index (χ2v) is 6.83. The van der Waals surface area contributed by atoms with Gasteiger partial charge >= 0.3 is 0 Å². The van der Waals surface area contributed by atoms with Crippen LogP contribution in [0.4, 0.5) is 0 Å². The third kappa shape index (κ3) is 3.78. The fourth-order valence-electron chi connectivity index (χ4n) is 4.06. The Morgan fingerprint density at radius 2 is 2.04 bits per heavy atom. The molecule has 0 bridgehead atoms. The molecule has 0 aliphatic carbocycles.